The molecule has 1 aromatic heterocycles. The van der Waals surface area contributed by atoms with Gasteiger partial charge in [0.05, 0.1) is 24.5 Å². The van der Waals surface area contributed by atoms with Gasteiger partial charge in [-0.1, -0.05) is 83.9 Å². The topological polar surface area (TPSA) is 109 Å². The van der Waals surface area contributed by atoms with E-state index in [0.717, 1.165) is 11.1 Å². The summed E-state index contributed by atoms with van der Waals surface area (Å²) in [5.41, 5.74) is 4.03. The molecule has 4 aromatic rings. The van der Waals surface area contributed by atoms with Crippen LogP contribution in [0, 0.1) is 10.1 Å². The van der Waals surface area contributed by atoms with Crippen molar-refractivity contribution in [3.05, 3.63) is 123 Å². The van der Waals surface area contributed by atoms with Crippen LogP contribution in [0.2, 0.25) is 10.0 Å². The molecular formula is C27H25Cl2N3O6. The number of hydrogen-bond donors (Lipinski definition) is 1. The lowest BCUT2D eigenvalue weighted by Gasteiger charge is -2.31. The van der Waals surface area contributed by atoms with E-state index in [2.05, 4.69) is 41.4 Å². The summed E-state index contributed by atoms with van der Waals surface area (Å²) in [5, 5.41) is 14.7. The molecule has 0 radical (unpaired) electrons. The van der Waals surface area contributed by atoms with Crippen molar-refractivity contribution in [1.82, 2.24) is 9.55 Å². The molecule has 0 saturated carbocycles. The quantitative estimate of drug-likeness (QED) is 0.214. The van der Waals surface area contributed by atoms with E-state index in [9.17, 15) is 0 Å². The third kappa shape index (κ3) is 6.50. The third-order valence-corrected chi connectivity index (χ3v) is 6.60. The van der Waals surface area contributed by atoms with Crippen molar-refractivity contribution < 1.29 is 24.5 Å². The fourth-order valence-corrected chi connectivity index (χ4v) is 4.96. The molecule has 0 aliphatic carbocycles. The van der Waals surface area contributed by atoms with E-state index in [1.165, 1.54) is 5.56 Å². The predicted molar refractivity (Wildman–Crippen MR) is 142 cm³/mol. The number of rotatable bonds is 7. The summed E-state index contributed by atoms with van der Waals surface area (Å²) in [6.07, 6.45) is 4.64. The Balaban J connectivity index is 0.000000786. The Morgan fingerprint density at radius 2 is 1.84 bits per heavy atom. The zero-order valence-corrected chi connectivity index (χ0v) is 21.8. The molecule has 1 aliphatic heterocycles. The minimum absolute atomic E-state index is 0.319. The normalized spacial score (nSPS) is 19.4. The zero-order valence-electron chi connectivity index (χ0n) is 20.3. The first-order chi connectivity index (χ1) is 18.3. The van der Waals surface area contributed by atoms with Gasteiger partial charge in [0.25, 0.3) is 5.09 Å². The summed E-state index contributed by atoms with van der Waals surface area (Å²) in [6, 6.07) is 23.9. The summed E-state index contributed by atoms with van der Waals surface area (Å²) in [7, 11) is 1.68. The van der Waals surface area contributed by atoms with Crippen LogP contribution in [0.4, 0.5) is 0 Å². The van der Waals surface area contributed by atoms with Gasteiger partial charge in [-0.05, 0) is 28.8 Å². The highest BCUT2D eigenvalue weighted by molar-refractivity contribution is 6.35. The number of benzene rings is 3. The highest BCUT2D eigenvalue weighted by Gasteiger charge is 2.47. The summed E-state index contributed by atoms with van der Waals surface area (Å²) in [5.74, 6) is -1.10. The minimum Gasteiger partial charge on any atom is -0.374 e. The molecular weight excluding hydrogens is 533 g/mol. The third-order valence-electron chi connectivity index (χ3n) is 6.05. The maximum absolute atomic E-state index is 8.36. The van der Waals surface area contributed by atoms with Crippen LogP contribution in [0.3, 0.4) is 0 Å². The second-order valence-corrected chi connectivity index (χ2v) is 9.31. The molecule has 1 aliphatic rings. The van der Waals surface area contributed by atoms with E-state index in [1.54, 1.807) is 31.8 Å². The molecule has 198 valence electrons. The van der Waals surface area contributed by atoms with E-state index < -0.39 is 10.9 Å². The Kier molecular flexibility index (Phi) is 8.98. The standard InChI is InChI=1S/C27H24Cl2N2O3.HNO3/c1-32-26(21-9-7-20(8-10-21)19-5-3-2-4-6-19)25-16-33-27(34-25,17-31-14-13-30-18-31)23-12-11-22(28)15-24(23)29;2-1(3)4/h2-15,18,25-26H,16-17H2,1H3;(H,2,3,4). The first-order valence-electron chi connectivity index (χ1n) is 11.6. The van der Waals surface area contributed by atoms with Crippen LogP contribution in [0.1, 0.15) is 17.2 Å². The molecule has 0 bridgehead atoms. The molecule has 5 rings (SSSR count). The molecule has 38 heavy (non-hydrogen) atoms. The van der Waals surface area contributed by atoms with Gasteiger partial charge < -0.3 is 24.0 Å². The van der Waals surface area contributed by atoms with Crippen molar-refractivity contribution in [2.24, 2.45) is 0 Å². The van der Waals surface area contributed by atoms with Crippen LogP contribution in [-0.2, 0) is 26.5 Å². The molecule has 1 N–H and O–H groups in total. The van der Waals surface area contributed by atoms with Crippen LogP contribution >= 0.6 is 23.2 Å². The Labute approximate surface area is 229 Å². The number of hydrogen-bond acceptors (Lipinski definition) is 6. The van der Waals surface area contributed by atoms with Crippen LogP contribution in [0.15, 0.2) is 91.5 Å². The zero-order chi connectivity index (χ0) is 27.1. The lowest BCUT2D eigenvalue weighted by molar-refractivity contribution is -0.742. The van der Waals surface area contributed by atoms with Crippen molar-refractivity contribution in [3.63, 3.8) is 0 Å². The maximum atomic E-state index is 8.36. The van der Waals surface area contributed by atoms with Crippen molar-refractivity contribution in [3.8, 4) is 11.1 Å². The summed E-state index contributed by atoms with van der Waals surface area (Å²) in [6.45, 7) is 0.723. The second-order valence-electron chi connectivity index (χ2n) is 8.46. The van der Waals surface area contributed by atoms with E-state index in [1.807, 2.05) is 35.0 Å². The summed E-state index contributed by atoms with van der Waals surface area (Å²) in [4.78, 5) is 12.5. The van der Waals surface area contributed by atoms with Gasteiger partial charge in [-0.15, -0.1) is 10.1 Å². The Bertz CT molecular complexity index is 1330. The molecule has 0 spiro atoms. The molecule has 3 aromatic carbocycles. The second kappa shape index (κ2) is 12.4. The number of ether oxygens (including phenoxy) is 3. The van der Waals surface area contributed by atoms with E-state index in [0.29, 0.717) is 28.8 Å². The monoisotopic (exact) mass is 557 g/mol. The SMILES string of the molecule is COC(c1ccc(-c2ccccc2)cc1)C1COC(Cn2ccnc2)(c2ccc(Cl)cc2Cl)O1.O=[N+]([O-])O. The van der Waals surface area contributed by atoms with Gasteiger partial charge in [-0.3, -0.25) is 0 Å². The molecule has 1 saturated heterocycles. The average molecular weight is 558 g/mol. The van der Waals surface area contributed by atoms with Gasteiger partial charge in [0, 0.05) is 30.1 Å². The minimum atomic E-state index is -1.50. The fourth-order valence-electron chi connectivity index (χ4n) is 4.41. The average Bonchev–Trinajstić information content (AvgIpc) is 3.56. The summed E-state index contributed by atoms with van der Waals surface area (Å²) >= 11 is 12.7. The van der Waals surface area contributed by atoms with E-state index in [-0.39, 0.29) is 12.2 Å². The van der Waals surface area contributed by atoms with Gasteiger partial charge >= 0.3 is 0 Å². The predicted octanol–water partition coefficient (Wildman–Crippen LogP) is 6.17. The fraction of sp³-hybridized carbons (Fsp3) is 0.222. The molecule has 1 fully saturated rings. The van der Waals surface area contributed by atoms with Crippen LogP contribution in [-0.4, -0.2) is 39.7 Å². The largest absolute Gasteiger partial charge is 0.374 e. The van der Waals surface area contributed by atoms with Crippen LogP contribution in [0.5, 0.6) is 0 Å². The lowest BCUT2D eigenvalue weighted by Crippen LogP contribution is -2.34. The van der Waals surface area contributed by atoms with Gasteiger partial charge in [-0.25, -0.2) is 4.98 Å². The van der Waals surface area contributed by atoms with Crippen molar-refractivity contribution in [2.45, 2.75) is 24.5 Å². The van der Waals surface area contributed by atoms with Gasteiger partial charge in [0.15, 0.2) is 0 Å². The Morgan fingerprint density at radius 3 is 2.45 bits per heavy atom. The highest BCUT2D eigenvalue weighted by atomic mass is 35.5. The number of imidazole rings is 1. The van der Waals surface area contributed by atoms with Crippen LogP contribution in [0.25, 0.3) is 11.1 Å². The van der Waals surface area contributed by atoms with Crippen molar-refractivity contribution in [1.29, 1.82) is 0 Å². The molecule has 3 unspecified atom stereocenters. The summed E-state index contributed by atoms with van der Waals surface area (Å²) < 4.78 is 20.8. The van der Waals surface area contributed by atoms with E-state index in [4.69, 9.17) is 52.7 Å². The van der Waals surface area contributed by atoms with Crippen LogP contribution < -0.4 is 0 Å². The van der Waals surface area contributed by atoms with E-state index >= 15 is 0 Å². The Hall–Kier alpha value is -3.47. The molecule has 3 atom stereocenters. The first kappa shape index (κ1) is 27.6. The first-order valence-corrected chi connectivity index (χ1v) is 12.3. The lowest BCUT2D eigenvalue weighted by atomic mass is 9.99. The number of nitrogens with zero attached hydrogens (tertiary/aromatic N) is 3. The van der Waals surface area contributed by atoms with Gasteiger partial charge in [-0.2, -0.15) is 0 Å². The molecule has 11 heteroatoms. The van der Waals surface area contributed by atoms with Crippen molar-refractivity contribution >= 4 is 23.2 Å². The smallest absolute Gasteiger partial charge is 0.291 e. The number of aromatic nitrogens is 2. The molecule has 9 nitrogen and oxygen atoms in total. The molecule has 2 heterocycles. The number of halogens is 2. The Morgan fingerprint density at radius 1 is 1.16 bits per heavy atom. The van der Waals surface area contributed by atoms with Crippen molar-refractivity contribution in [2.75, 3.05) is 13.7 Å². The number of methoxy groups -OCH3 is 1. The maximum Gasteiger partial charge on any atom is 0.291 e. The van der Waals surface area contributed by atoms with Gasteiger partial charge in [0.1, 0.15) is 12.2 Å². The molecule has 0 amide bonds. The highest BCUT2D eigenvalue weighted by Crippen LogP contribution is 2.43. The van der Waals surface area contributed by atoms with Gasteiger partial charge in [0.2, 0.25) is 5.79 Å².